The molecule has 2 atom stereocenters. The van der Waals surface area contributed by atoms with Crippen LogP contribution in [-0.4, -0.2) is 57.1 Å². The van der Waals surface area contributed by atoms with Crippen molar-refractivity contribution in [3.05, 3.63) is 64.6 Å². The van der Waals surface area contributed by atoms with Gasteiger partial charge in [0.05, 0.1) is 24.3 Å². The summed E-state index contributed by atoms with van der Waals surface area (Å²) < 4.78 is 15.8. The van der Waals surface area contributed by atoms with E-state index in [2.05, 4.69) is 35.5 Å². The average Bonchev–Trinajstić information content (AvgIpc) is 3.47. The monoisotopic (exact) mass is 449 g/mol. The number of nitrogens with zero attached hydrogens (tertiary/aromatic N) is 3. The molecule has 0 spiro atoms. The first-order valence-corrected chi connectivity index (χ1v) is 11.4. The standard InChI is InChI=1S/C26H28FN3O3/c1-15(2)26-20(7-8-25(33)29-13-23(31)24(32)14-29)21-9-16-11-28-12-17(16)10-22(21)30(26)19-5-3-18(27)4-6-19/h3-6,9-10,12,15,23-24,31-32H,7-8,11,13-14H2,1-2H3/t23-,24-/m1/s1. The van der Waals surface area contributed by atoms with Gasteiger partial charge in [-0.2, -0.15) is 0 Å². The highest BCUT2D eigenvalue weighted by molar-refractivity contribution is 5.96. The number of carbonyl (C=O) groups excluding carboxylic acids is 1. The molecule has 172 valence electrons. The first kappa shape index (κ1) is 21.8. The van der Waals surface area contributed by atoms with E-state index in [1.54, 1.807) is 12.1 Å². The van der Waals surface area contributed by atoms with Crippen molar-refractivity contribution in [3.63, 3.8) is 0 Å². The quantitative estimate of drug-likeness (QED) is 0.627. The van der Waals surface area contributed by atoms with Gasteiger partial charge in [-0.05, 0) is 65.4 Å². The summed E-state index contributed by atoms with van der Waals surface area (Å²) in [6.07, 6.45) is 0.944. The average molecular weight is 450 g/mol. The topological polar surface area (TPSA) is 78.1 Å². The van der Waals surface area contributed by atoms with Gasteiger partial charge in [0.2, 0.25) is 5.91 Å². The molecule has 2 aliphatic rings. The molecular weight excluding hydrogens is 421 g/mol. The van der Waals surface area contributed by atoms with E-state index in [9.17, 15) is 19.4 Å². The maximum absolute atomic E-state index is 13.7. The Morgan fingerprint density at radius 2 is 1.85 bits per heavy atom. The van der Waals surface area contributed by atoms with Crippen LogP contribution < -0.4 is 0 Å². The van der Waals surface area contributed by atoms with E-state index in [1.807, 2.05) is 6.21 Å². The Kier molecular flexibility index (Phi) is 5.54. The summed E-state index contributed by atoms with van der Waals surface area (Å²) in [6.45, 7) is 5.23. The molecule has 0 aliphatic carbocycles. The van der Waals surface area contributed by atoms with Crippen LogP contribution >= 0.6 is 0 Å². The summed E-state index contributed by atoms with van der Waals surface area (Å²) in [5.74, 6) is -0.186. The van der Waals surface area contributed by atoms with Gasteiger partial charge in [-0.25, -0.2) is 4.39 Å². The summed E-state index contributed by atoms with van der Waals surface area (Å²) in [5, 5.41) is 20.7. The molecule has 2 aliphatic heterocycles. The summed E-state index contributed by atoms with van der Waals surface area (Å²) in [4.78, 5) is 18.8. The van der Waals surface area contributed by atoms with Crippen molar-refractivity contribution >= 4 is 23.0 Å². The number of fused-ring (bicyclic) bond motifs is 2. The Bertz CT molecular complexity index is 1240. The Labute approximate surface area is 192 Å². The smallest absolute Gasteiger partial charge is 0.223 e. The number of aryl methyl sites for hydroxylation is 1. The second-order valence-corrected chi connectivity index (χ2v) is 9.30. The lowest BCUT2D eigenvalue weighted by atomic mass is 9.97. The molecule has 1 aromatic heterocycles. The number of halogens is 1. The minimum atomic E-state index is -0.886. The number of amides is 1. The van der Waals surface area contributed by atoms with Crippen LogP contribution in [0.25, 0.3) is 16.6 Å². The Hall–Kier alpha value is -3.03. The molecule has 1 amide bonds. The molecule has 2 N–H and O–H groups in total. The highest BCUT2D eigenvalue weighted by Gasteiger charge is 2.32. The zero-order valence-corrected chi connectivity index (χ0v) is 18.8. The third-order valence-corrected chi connectivity index (χ3v) is 6.70. The Morgan fingerprint density at radius 3 is 2.52 bits per heavy atom. The number of aliphatic hydroxyl groups excluding tert-OH is 2. The van der Waals surface area contributed by atoms with Gasteiger partial charge in [0.1, 0.15) is 5.82 Å². The fraction of sp³-hybridized carbons (Fsp3) is 0.385. The number of hydrogen-bond acceptors (Lipinski definition) is 4. The van der Waals surface area contributed by atoms with E-state index in [-0.39, 0.29) is 37.2 Å². The first-order valence-electron chi connectivity index (χ1n) is 11.4. The molecule has 33 heavy (non-hydrogen) atoms. The van der Waals surface area contributed by atoms with Gasteiger partial charge in [0.15, 0.2) is 0 Å². The minimum Gasteiger partial charge on any atom is -0.388 e. The molecule has 3 aromatic rings. The number of aliphatic hydroxyl groups is 2. The van der Waals surface area contributed by atoms with Gasteiger partial charge in [-0.3, -0.25) is 9.79 Å². The summed E-state index contributed by atoms with van der Waals surface area (Å²) >= 11 is 0. The molecule has 0 saturated carbocycles. The maximum atomic E-state index is 13.7. The van der Waals surface area contributed by atoms with Crippen LogP contribution in [0, 0.1) is 5.82 Å². The van der Waals surface area contributed by atoms with Gasteiger partial charge in [0, 0.05) is 42.5 Å². The highest BCUT2D eigenvalue weighted by Crippen LogP contribution is 2.37. The van der Waals surface area contributed by atoms with E-state index in [0.717, 1.165) is 39.0 Å². The summed E-state index contributed by atoms with van der Waals surface area (Å²) in [7, 11) is 0. The molecule has 7 heteroatoms. The van der Waals surface area contributed by atoms with E-state index < -0.39 is 12.2 Å². The van der Waals surface area contributed by atoms with Crippen LogP contribution in [0.2, 0.25) is 0 Å². The SMILES string of the molecule is CC(C)c1c(CCC(=O)N2C[C@@H](O)[C@H](O)C2)c2cc3c(cc2n1-c1ccc(F)cc1)C=NC3. The molecule has 0 bridgehead atoms. The van der Waals surface area contributed by atoms with Crippen molar-refractivity contribution in [1.82, 2.24) is 9.47 Å². The number of β-amino-alcohol motifs (C(OH)–C–C–N with tert-alkyl or cyclic N) is 2. The molecule has 5 rings (SSSR count). The number of benzene rings is 2. The Morgan fingerprint density at radius 1 is 1.15 bits per heavy atom. The predicted molar refractivity (Wildman–Crippen MR) is 126 cm³/mol. The zero-order chi connectivity index (χ0) is 23.3. The molecule has 0 radical (unpaired) electrons. The normalized spacial score (nSPS) is 19.8. The van der Waals surface area contributed by atoms with Gasteiger partial charge in [0.25, 0.3) is 0 Å². The number of aromatic nitrogens is 1. The number of likely N-dealkylation sites (tertiary alicyclic amines) is 1. The maximum Gasteiger partial charge on any atom is 0.223 e. The predicted octanol–water partition coefficient (Wildman–Crippen LogP) is 3.32. The molecule has 2 aromatic carbocycles. The minimum absolute atomic E-state index is 0.0764. The van der Waals surface area contributed by atoms with Crippen LogP contribution in [-0.2, 0) is 17.8 Å². The lowest BCUT2D eigenvalue weighted by molar-refractivity contribution is -0.130. The first-order chi connectivity index (χ1) is 15.8. The van der Waals surface area contributed by atoms with Crippen molar-refractivity contribution in [2.24, 2.45) is 4.99 Å². The number of hydrogen-bond donors (Lipinski definition) is 2. The van der Waals surface area contributed by atoms with Crippen LogP contribution in [0.4, 0.5) is 4.39 Å². The molecule has 0 unspecified atom stereocenters. The molecule has 1 fully saturated rings. The highest BCUT2D eigenvalue weighted by atomic mass is 19.1. The van der Waals surface area contributed by atoms with Crippen molar-refractivity contribution in [2.75, 3.05) is 13.1 Å². The van der Waals surface area contributed by atoms with Gasteiger partial charge in [-0.1, -0.05) is 13.8 Å². The van der Waals surface area contributed by atoms with E-state index >= 15 is 0 Å². The Balaban J connectivity index is 1.59. The third-order valence-electron chi connectivity index (χ3n) is 6.70. The largest absolute Gasteiger partial charge is 0.388 e. The zero-order valence-electron chi connectivity index (χ0n) is 18.8. The van der Waals surface area contributed by atoms with Gasteiger partial charge < -0.3 is 19.7 Å². The van der Waals surface area contributed by atoms with E-state index in [0.29, 0.717) is 13.0 Å². The van der Waals surface area contributed by atoms with Crippen LogP contribution in [0.15, 0.2) is 41.4 Å². The van der Waals surface area contributed by atoms with E-state index in [1.165, 1.54) is 17.0 Å². The van der Waals surface area contributed by atoms with Crippen molar-refractivity contribution in [1.29, 1.82) is 0 Å². The van der Waals surface area contributed by atoms with Crippen molar-refractivity contribution in [3.8, 4) is 5.69 Å². The summed E-state index contributed by atoms with van der Waals surface area (Å²) in [6, 6.07) is 10.8. The fourth-order valence-corrected chi connectivity index (χ4v) is 5.08. The van der Waals surface area contributed by atoms with Gasteiger partial charge >= 0.3 is 0 Å². The molecule has 3 heterocycles. The lowest BCUT2D eigenvalue weighted by Gasteiger charge is -2.17. The number of rotatable bonds is 5. The molecule has 1 saturated heterocycles. The van der Waals surface area contributed by atoms with Crippen molar-refractivity contribution in [2.45, 2.75) is 51.4 Å². The number of aliphatic imine (C=N–C) groups is 1. The second-order valence-electron chi connectivity index (χ2n) is 9.30. The lowest BCUT2D eigenvalue weighted by Crippen LogP contribution is -2.30. The van der Waals surface area contributed by atoms with Gasteiger partial charge in [-0.15, -0.1) is 0 Å². The molecule has 6 nitrogen and oxygen atoms in total. The van der Waals surface area contributed by atoms with Crippen LogP contribution in [0.3, 0.4) is 0 Å². The second kappa shape index (κ2) is 8.39. The fourth-order valence-electron chi connectivity index (χ4n) is 5.08. The third kappa shape index (κ3) is 3.85. The van der Waals surface area contributed by atoms with Crippen LogP contribution in [0.1, 0.15) is 48.6 Å². The summed E-state index contributed by atoms with van der Waals surface area (Å²) in [5.41, 5.74) is 6.35. The van der Waals surface area contributed by atoms with Crippen molar-refractivity contribution < 1.29 is 19.4 Å². The molecular formula is C26H28FN3O3. The van der Waals surface area contributed by atoms with Crippen LogP contribution in [0.5, 0.6) is 0 Å². The number of carbonyl (C=O) groups is 1. The van der Waals surface area contributed by atoms with E-state index in [4.69, 9.17) is 0 Å².